The largest absolute Gasteiger partial charge is 0.469 e. The lowest BCUT2D eigenvalue weighted by molar-refractivity contribution is -0.143. The third-order valence-electron chi connectivity index (χ3n) is 2.45. The molecule has 1 unspecified atom stereocenters. The third kappa shape index (κ3) is 2.67. The van der Waals surface area contributed by atoms with E-state index in [0.29, 0.717) is 6.42 Å². The van der Waals surface area contributed by atoms with Gasteiger partial charge in [0.1, 0.15) is 0 Å². The number of esters is 1. The monoisotopic (exact) mass is 204 g/mol. The van der Waals surface area contributed by atoms with Gasteiger partial charge in [-0.15, -0.1) is 0 Å². The SMILES string of the molecule is COC(=O)C[C@H]1CC(OC)O[C@@H]1CO. The topological polar surface area (TPSA) is 65.0 Å². The molecular formula is C9H16O5. The van der Waals surface area contributed by atoms with Crippen molar-refractivity contribution in [1.29, 1.82) is 0 Å². The Morgan fingerprint density at radius 3 is 2.79 bits per heavy atom. The summed E-state index contributed by atoms with van der Waals surface area (Å²) in [6, 6.07) is 0. The summed E-state index contributed by atoms with van der Waals surface area (Å²) in [5.74, 6) is -0.300. The summed E-state index contributed by atoms with van der Waals surface area (Å²) in [5, 5.41) is 9.00. The molecule has 0 radical (unpaired) electrons. The average Bonchev–Trinajstić information content (AvgIpc) is 2.60. The number of carbonyl (C=O) groups is 1. The van der Waals surface area contributed by atoms with E-state index in [1.54, 1.807) is 7.11 Å². The number of hydrogen-bond acceptors (Lipinski definition) is 5. The lowest BCUT2D eigenvalue weighted by Crippen LogP contribution is -2.23. The van der Waals surface area contributed by atoms with E-state index in [9.17, 15) is 4.79 Å². The number of aliphatic hydroxyl groups is 1. The molecule has 82 valence electrons. The Bertz CT molecular complexity index is 194. The molecule has 0 aliphatic carbocycles. The van der Waals surface area contributed by atoms with Gasteiger partial charge < -0.3 is 19.3 Å². The van der Waals surface area contributed by atoms with E-state index in [-0.39, 0.29) is 37.3 Å². The van der Waals surface area contributed by atoms with Crippen molar-refractivity contribution in [2.24, 2.45) is 5.92 Å². The van der Waals surface area contributed by atoms with E-state index < -0.39 is 0 Å². The van der Waals surface area contributed by atoms with Crippen molar-refractivity contribution in [3.8, 4) is 0 Å². The molecule has 14 heavy (non-hydrogen) atoms. The fourth-order valence-corrected chi connectivity index (χ4v) is 1.62. The van der Waals surface area contributed by atoms with Crippen LogP contribution in [0.4, 0.5) is 0 Å². The average molecular weight is 204 g/mol. The van der Waals surface area contributed by atoms with Gasteiger partial charge in [-0.3, -0.25) is 4.79 Å². The van der Waals surface area contributed by atoms with Crippen LogP contribution in [0.3, 0.4) is 0 Å². The van der Waals surface area contributed by atoms with Gasteiger partial charge in [-0.05, 0) is 0 Å². The maximum absolute atomic E-state index is 11.0. The number of rotatable bonds is 4. The number of hydrogen-bond donors (Lipinski definition) is 1. The molecule has 1 fully saturated rings. The Morgan fingerprint density at radius 2 is 2.29 bits per heavy atom. The van der Waals surface area contributed by atoms with Crippen LogP contribution in [0.2, 0.25) is 0 Å². The van der Waals surface area contributed by atoms with E-state index in [2.05, 4.69) is 4.74 Å². The van der Waals surface area contributed by atoms with Crippen molar-refractivity contribution in [1.82, 2.24) is 0 Å². The first kappa shape index (κ1) is 11.4. The van der Waals surface area contributed by atoms with Crippen LogP contribution >= 0.6 is 0 Å². The summed E-state index contributed by atoms with van der Waals surface area (Å²) in [5.41, 5.74) is 0. The van der Waals surface area contributed by atoms with Crippen LogP contribution in [-0.2, 0) is 19.0 Å². The van der Waals surface area contributed by atoms with Crippen molar-refractivity contribution in [3.05, 3.63) is 0 Å². The second-order valence-corrected chi connectivity index (χ2v) is 3.30. The minimum absolute atomic E-state index is 0.0163. The molecule has 0 aromatic carbocycles. The number of methoxy groups -OCH3 is 2. The van der Waals surface area contributed by atoms with Crippen LogP contribution in [0.25, 0.3) is 0 Å². The lowest BCUT2D eigenvalue weighted by Gasteiger charge is -2.13. The molecule has 0 saturated carbocycles. The smallest absolute Gasteiger partial charge is 0.305 e. The zero-order valence-electron chi connectivity index (χ0n) is 8.43. The highest BCUT2D eigenvalue weighted by Gasteiger charge is 2.36. The van der Waals surface area contributed by atoms with Gasteiger partial charge in [0.2, 0.25) is 0 Å². The first-order valence-electron chi connectivity index (χ1n) is 4.57. The van der Waals surface area contributed by atoms with E-state index in [0.717, 1.165) is 0 Å². The minimum atomic E-state index is -0.320. The molecule has 3 atom stereocenters. The summed E-state index contributed by atoms with van der Waals surface area (Å²) in [7, 11) is 2.89. The van der Waals surface area contributed by atoms with E-state index in [4.69, 9.17) is 14.6 Å². The van der Waals surface area contributed by atoms with Gasteiger partial charge in [-0.2, -0.15) is 0 Å². The van der Waals surface area contributed by atoms with Gasteiger partial charge in [-0.25, -0.2) is 0 Å². The highest BCUT2D eigenvalue weighted by molar-refractivity contribution is 5.69. The first-order chi connectivity index (χ1) is 6.71. The zero-order valence-corrected chi connectivity index (χ0v) is 8.43. The molecule has 1 rings (SSSR count). The Labute approximate surface area is 82.9 Å². The Balaban J connectivity index is 2.46. The summed E-state index contributed by atoms with van der Waals surface area (Å²) >= 11 is 0. The maximum Gasteiger partial charge on any atom is 0.305 e. The predicted octanol–water partition coefficient (Wildman–Crippen LogP) is -0.0806. The van der Waals surface area contributed by atoms with Crippen molar-refractivity contribution in [2.45, 2.75) is 25.2 Å². The van der Waals surface area contributed by atoms with Crippen LogP contribution in [-0.4, -0.2) is 44.3 Å². The molecular weight excluding hydrogens is 188 g/mol. The minimum Gasteiger partial charge on any atom is -0.469 e. The van der Waals surface area contributed by atoms with Crippen molar-refractivity contribution in [2.75, 3.05) is 20.8 Å². The summed E-state index contributed by atoms with van der Waals surface area (Å²) in [6.45, 7) is -0.0957. The molecule has 1 heterocycles. The predicted molar refractivity (Wildman–Crippen MR) is 47.5 cm³/mol. The van der Waals surface area contributed by atoms with Gasteiger partial charge in [0, 0.05) is 19.4 Å². The standard InChI is InChI=1S/C9H16O5/c1-12-8(11)3-6-4-9(13-2)14-7(6)5-10/h6-7,9-10H,3-5H2,1-2H3/t6-,7+,9?/m0/s1. The van der Waals surface area contributed by atoms with Crippen LogP contribution in [0.1, 0.15) is 12.8 Å². The quantitative estimate of drug-likeness (QED) is 0.649. The zero-order chi connectivity index (χ0) is 10.6. The number of aliphatic hydroxyl groups excluding tert-OH is 1. The molecule has 0 aromatic heterocycles. The van der Waals surface area contributed by atoms with E-state index >= 15 is 0 Å². The molecule has 0 spiro atoms. The first-order valence-corrected chi connectivity index (χ1v) is 4.57. The molecule has 5 heteroatoms. The summed E-state index contributed by atoms with van der Waals surface area (Å²) < 4.78 is 14.9. The highest BCUT2D eigenvalue weighted by Crippen LogP contribution is 2.29. The number of ether oxygens (including phenoxy) is 3. The Kier molecular flexibility index (Phi) is 4.31. The third-order valence-corrected chi connectivity index (χ3v) is 2.45. The second-order valence-electron chi connectivity index (χ2n) is 3.30. The van der Waals surface area contributed by atoms with Crippen LogP contribution in [0.15, 0.2) is 0 Å². The molecule has 0 bridgehead atoms. The van der Waals surface area contributed by atoms with Crippen LogP contribution < -0.4 is 0 Å². The highest BCUT2D eigenvalue weighted by atomic mass is 16.7. The number of carbonyl (C=O) groups excluding carboxylic acids is 1. The molecule has 0 aromatic rings. The summed E-state index contributed by atoms with van der Waals surface area (Å²) in [4.78, 5) is 11.0. The van der Waals surface area contributed by atoms with Crippen molar-refractivity contribution >= 4 is 5.97 Å². The van der Waals surface area contributed by atoms with Gasteiger partial charge in [-0.1, -0.05) is 0 Å². The van der Waals surface area contributed by atoms with Crippen LogP contribution in [0.5, 0.6) is 0 Å². The van der Waals surface area contributed by atoms with Gasteiger partial charge in [0.15, 0.2) is 6.29 Å². The fourth-order valence-electron chi connectivity index (χ4n) is 1.62. The van der Waals surface area contributed by atoms with Gasteiger partial charge >= 0.3 is 5.97 Å². The molecule has 0 amide bonds. The second kappa shape index (κ2) is 5.29. The molecule has 1 aliphatic rings. The summed E-state index contributed by atoms with van der Waals surface area (Å²) in [6.07, 6.45) is 0.249. The van der Waals surface area contributed by atoms with Gasteiger partial charge in [0.25, 0.3) is 0 Å². The Hall–Kier alpha value is -0.650. The normalized spacial score (nSPS) is 31.8. The van der Waals surface area contributed by atoms with E-state index in [1.807, 2.05) is 0 Å². The Morgan fingerprint density at radius 1 is 1.57 bits per heavy atom. The van der Waals surface area contributed by atoms with Crippen molar-refractivity contribution < 1.29 is 24.1 Å². The molecule has 5 nitrogen and oxygen atoms in total. The maximum atomic E-state index is 11.0. The van der Waals surface area contributed by atoms with Crippen LogP contribution in [0, 0.1) is 5.92 Å². The van der Waals surface area contributed by atoms with Gasteiger partial charge in [0.05, 0.1) is 26.2 Å². The molecule has 1 saturated heterocycles. The van der Waals surface area contributed by atoms with E-state index in [1.165, 1.54) is 7.11 Å². The van der Waals surface area contributed by atoms with Crippen molar-refractivity contribution in [3.63, 3.8) is 0 Å². The molecule has 1 N–H and O–H groups in total. The lowest BCUT2D eigenvalue weighted by atomic mass is 9.98. The fraction of sp³-hybridized carbons (Fsp3) is 0.889. The molecule has 1 aliphatic heterocycles.